The highest BCUT2D eigenvalue weighted by atomic mass is 16.4. The first-order chi connectivity index (χ1) is 9.38. The fraction of sp³-hybridized carbons (Fsp3) is 0.500. The van der Waals surface area contributed by atoms with Crippen LogP contribution in [-0.4, -0.2) is 17.0 Å². The minimum absolute atomic E-state index is 0.101. The van der Waals surface area contributed by atoms with E-state index in [1.54, 1.807) is 0 Å². The Labute approximate surface area is 119 Å². The molecule has 0 spiro atoms. The molecule has 108 valence electrons. The zero-order valence-corrected chi connectivity index (χ0v) is 12.1. The lowest BCUT2D eigenvalue weighted by molar-refractivity contribution is -0.152. The fourth-order valence-corrected chi connectivity index (χ4v) is 2.77. The smallest absolute Gasteiger partial charge is 0.307 e. The highest BCUT2D eigenvalue weighted by Crippen LogP contribution is 2.35. The number of carbonyl (C=O) groups is 2. The lowest BCUT2D eigenvalue weighted by atomic mass is 9.73. The van der Waals surface area contributed by atoms with Crippen molar-refractivity contribution in [1.82, 2.24) is 5.32 Å². The van der Waals surface area contributed by atoms with Crippen molar-refractivity contribution in [1.29, 1.82) is 0 Å². The number of amides is 1. The molecule has 2 rings (SSSR count). The average Bonchev–Trinajstić information content (AvgIpc) is 2.24. The van der Waals surface area contributed by atoms with Crippen LogP contribution in [0.15, 0.2) is 18.2 Å². The van der Waals surface area contributed by atoms with Gasteiger partial charge >= 0.3 is 5.97 Å². The fourth-order valence-electron chi connectivity index (χ4n) is 2.77. The van der Waals surface area contributed by atoms with E-state index in [1.165, 1.54) is 0 Å². The lowest BCUT2D eigenvalue weighted by Gasteiger charge is -2.33. The minimum atomic E-state index is -0.865. The number of benzene rings is 1. The zero-order valence-electron chi connectivity index (χ0n) is 12.1. The van der Waals surface area contributed by atoms with E-state index in [1.807, 2.05) is 32.9 Å². The summed E-state index contributed by atoms with van der Waals surface area (Å²) >= 11 is 0. The molecule has 4 heteroatoms. The molecular weight excluding hydrogens is 254 g/mol. The number of aryl methyl sites for hydroxylation is 2. The molecule has 1 aliphatic rings. The molecule has 3 unspecified atom stereocenters. The monoisotopic (exact) mass is 275 g/mol. The van der Waals surface area contributed by atoms with Crippen molar-refractivity contribution in [2.45, 2.75) is 39.7 Å². The summed E-state index contributed by atoms with van der Waals surface area (Å²) in [5.41, 5.74) is 3.38. The molecule has 0 saturated heterocycles. The Kier molecular flexibility index (Phi) is 4.12. The molecule has 1 saturated carbocycles. The molecule has 1 aromatic rings. The first-order valence-electron chi connectivity index (χ1n) is 7.00. The molecule has 0 radical (unpaired) electrons. The van der Waals surface area contributed by atoms with Gasteiger partial charge in [0.2, 0.25) is 5.91 Å². The van der Waals surface area contributed by atoms with E-state index < -0.39 is 11.9 Å². The van der Waals surface area contributed by atoms with Gasteiger partial charge in [-0.05, 0) is 39.2 Å². The summed E-state index contributed by atoms with van der Waals surface area (Å²) in [6, 6.07) is 6.08. The second-order valence-electron chi connectivity index (χ2n) is 5.78. The minimum Gasteiger partial charge on any atom is -0.481 e. The van der Waals surface area contributed by atoms with Crippen LogP contribution >= 0.6 is 0 Å². The van der Waals surface area contributed by atoms with Gasteiger partial charge in [0.15, 0.2) is 0 Å². The number of hydrogen-bond donors (Lipinski definition) is 2. The normalized spacial score (nSPS) is 22.8. The maximum absolute atomic E-state index is 12.1. The van der Waals surface area contributed by atoms with Gasteiger partial charge in [-0.25, -0.2) is 0 Å². The van der Waals surface area contributed by atoms with E-state index >= 15 is 0 Å². The third-order valence-corrected chi connectivity index (χ3v) is 4.03. The highest BCUT2D eigenvalue weighted by Gasteiger charge is 2.41. The summed E-state index contributed by atoms with van der Waals surface area (Å²) in [6.07, 6.45) is 1.27. The SMILES string of the molecule is Cc1cc(C)cc(C(C)NC(=O)C2CCC2C(=O)O)c1. The summed E-state index contributed by atoms with van der Waals surface area (Å²) in [5, 5.41) is 11.9. The van der Waals surface area contributed by atoms with E-state index in [-0.39, 0.29) is 17.9 Å². The van der Waals surface area contributed by atoms with Crippen molar-refractivity contribution in [3.05, 3.63) is 34.9 Å². The Morgan fingerprint density at radius 3 is 2.15 bits per heavy atom. The van der Waals surface area contributed by atoms with Gasteiger partial charge in [0.05, 0.1) is 17.9 Å². The van der Waals surface area contributed by atoms with Gasteiger partial charge in [-0.3, -0.25) is 9.59 Å². The standard InChI is InChI=1S/C16H21NO3/c1-9-6-10(2)8-12(7-9)11(3)17-15(18)13-4-5-14(13)16(19)20/h6-8,11,13-14H,4-5H2,1-3H3,(H,17,18)(H,19,20). The molecule has 4 nitrogen and oxygen atoms in total. The zero-order chi connectivity index (χ0) is 14.9. The Bertz CT molecular complexity index is 518. The van der Waals surface area contributed by atoms with Gasteiger partial charge in [0.1, 0.15) is 0 Å². The molecule has 1 aromatic carbocycles. The van der Waals surface area contributed by atoms with E-state index in [2.05, 4.69) is 11.4 Å². The summed E-state index contributed by atoms with van der Waals surface area (Å²) in [6.45, 7) is 5.98. The number of carboxylic acid groups (broad SMARTS) is 1. The van der Waals surface area contributed by atoms with Crippen LogP contribution in [0.25, 0.3) is 0 Å². The maximum Gasteiger partial charge on any atom is 0.307 e. The Morgan fingerprint density at radius 1 is 1.15 bits per heavy atom. The number of carboxylic acids is 1. The summed E-state index contributed by atoms with van der Waals surface area (Å²) in [4.78, 5) is 23.1. The van der Waals surface area contributed by atoms with Crippen LogP contribution < -0.4 is 5.32 Å². The maximum atomic E-state index is 12.1. The number of aliphatic carboxylic acids is 1. The van der Waals surface area contributed by atoms with Gasteiger partial charge in [0, 0.05) is 0 Å². The lowest BCUT2D eigenvalue weighted by Crippen LogP contribution is -2.44. The van der Waals surface area contributed by atoms with Crippen LogP contribution in [0.4, 0.5) is 0 Å². The second kappa shape index (κ2) is 5.65. The molecule has 0 heterocycles. The van der Waals surface area contributed by atoms with Crippen molar-refractivity contribution in [3.63, 3.8) is 0 Å². The summed E-state index contributed by atoms with van der Waals surface area (Å²) in [7, 11) is 0. The predicted molar refractivity (Wildman–Crippen MR) is 76.3 cm³/mol. The van der Waals surface area contributed by atoms with Crippen molar-refractivity contribution >= 4 is 11.9 Å². The van der Waals surface area contributed by atoms with Gasteiger partial charge in [-0.2, -0.15) is 0 Å². The van der Waals surface area contributed by atoms with Gasteiger partial charge in [0.25, 0.3) is 0 Å². The molecule has 1 amide bonds. The molecule has 3 atom stereocenters. The van der Waals surface area contributed by atoms with Crippen LogP contribution in [0.5, 0.6) is 0 Å². The molecule has 0 bridgehead atoms. The molecule has 1 fully saturated rings. The Morgan fingerprint density at radius 2 is 1.70 bits per heavy atom. The third-order valence-electron chi connectivity index (χ3n) is 4.03. The Hall–Kier alpha value is -1.84. The second-order valence-corrected chi connectivity index (χ2v) is 5.78. The van der Waals surface area contributed by atoms with Gasteiger partial charge in [-0.15, -0.1) is 0 Å². The highest BCUT2D eigenvalue weighted by molar-refractivity contribution is 5.86. The van der Waals surface area contributed by atoms with Crippen LogP contribution in [0, 0.1) is 25.7 Å². The molecule has 2 N–H and O–H groups in total. The molecule has 0 aromatic heterocycles. The first-order valence-corrected chi connectivity index (χ1v) is 7.00. The van der Waals surface area contributed by atoms with Crippen molar-refractivity contribution in [2.75, 3.05) is 0 Å². The molecular formula is C16H21NO3. The first kappa shape index (κ1) is 14.6. The number of rotatable bonds is 4. The van der Waals surface area contributed by atoms with E-state index in [0.29, 0.717) is 12.8 Å². The van der Waals surface area contributed by atoms with Gasteiger partial charge in [-0.1, -0.05) is 29.3 Å². The number of nitrogens with one attached hydrogen (secondary N) is 1. The van der Waals surface area contributed by atoms with E-state index in [9.17, 15) is 9.59 Å². The van der Waals surface area contributed by atoms with Crippen molar-refractivity contribution in [2.24, 2.45) is 11.8 Å². The molecule has 0 aliphatic heterocycles. The van der Waals surface area contributed by atoms with Crippen LogP contribution in [-0.2, 0) is 9.59 Å². The van der Waals surface area contributed by atoms with Crippen LogP contribution in [0.2, 0.25) is 0 Å². The summed E-state index contributed by atoms with van der Waals surface area (Å²) < 4.78 is 0. The largest absolute Gasteiger partial charge is 0.481 e. The average molecular weight is 275 g/mol. The number of carbonyl (C=O) groups excluding carboxylic acids is 1. The quantitative estimate of drug-likeness (QED) is 0.887. The summed E-state index contributed by atoms with van der Waals surface area (Å²) in [5.74, 6) is -1.90. The van der Waals surface area contributed by atoms with Crippen LogP contribution in [0.1, 0.15) is 42.5 Å². The molecule has 20 heavy (non-hydrogen) atoms. The van der Waals surface area contributed by atoms with Crippen molar-refractivity contribution in [3.8, 4) is 0 Å². The topological polar surface area (TPSA) is 66.4 Å². The molecule has 1 aliphatic carbocycles. The van der Waals surface area contributed by atoms with E-state index in [0.717, 1.165) is 16.7 Å². The Balaban J connectivity index is 2.02. The van der Waals surface area contributed by atoms with Gasteiger partial charge < -0.3 is 10.4 Å². The predicted octanol–water partition coefficient (Wildman–Crippen LogP) is 2.59. The van der Waals surface area contributed by atoms with E-state index in [4.69, 9.17) is 5.11 Å². The van der Waals surface area contributed by atoms with Crippen molar-refractivity contribution < 1.29 is 14.7 Å². The third kappa shape index (κ3) is 3.00. The number of hydrogen-bond acceptors (Lipinski definition) is 2. The van der Waals surface area contributed by atoms with Crippen LogP contribution in [0.3, 0.4) is 0 Å².